The van der Waals surface area contributed by atoms with E-state index in [1.54, 1.807) is 43.7 Å². The van der Waals surface area contributed by atoms with E-state index in [1.165, 1.54) is 10.6 Å². The van der Waals surface area contributed by atoms with E-state index >= 15 is 8.78 Å². The van der Waals surface area contributed by atoms with Crippen LogP contribution in [-0.2, 0) is 11.6 Å². The quantitative estimate of drug-likeness (QED) is 0.292. The molecule has 4 heterocycles. The lowest BCUT2D eigenvalue weighted by Crippen LogP contribution is -2.54. The van der Waals surface area contributed by atoms with Crippen LogP contribution in [0.1, 0.15) is 55.6 Å². The van der Waals surface area contributed by atoms with E-state index in [-0.39, 0.29) is 34.3 Å². The van der Waals surface area contributed by atoms with Gasteiger partial charge in [0.1, 0.15) is 17.2 Å². The van der Waals surface area contributed by atoms with E-state index in [1.807, 2.05) is 6.92 Å². The molecule has 10 heteroatoms. The average Bonchev–Trinajstić information content (AvgIpc) is 3.33. The Balaban J connectivity index is 2.09. The molecule has 1 unspecified atom stereocenters. The molecule has 4 aromatic rings. The Morgan fingerprint density at radius 1 is 1.17 bits per heavy atom. The molecule has 0 N–H and O–H groups in total. The number of rotatable bonds is 3. The monoisotopic (exact) mass is 504 g/mol. The molecule has 5 rings (SSSR count). The predicted molar refractivity (Wildman–Crippen MR) is 121 cm³/mol. The summed E-state index contributed by atoms with van der Waals surface area (Å²) in [6.07, 6.45) is -1.08. The number of imidazole rings is 1. The van der Waals surface area contributed by atoms with Gasteiger partial charge < -0.3 is 4.42 Å². The van der Waals surface area contributed by atoms with Crippen molar-refractivity contribution in [2.24, 2.45) is 0 Å². The molecule has 5 nitrogen and oxygen atoms in total. The standard InChI is InChI=1S/C26H23F5N3O2/c1-5-8-25(6-2)15-11-16(27)20(26(29,30)31)21(28)19(15)17-10-13(3)7-9-33(17)22(25)23-34-14(4)32-12-18(34)24(35)36-23/h7,9-12H,5-6,8H2,1-4H3/q+1. The summed E-state index contributed by atoms with van der Waals surface area (Å²) in [7, 11) is 0. The summed E-state index contributed by atoms with van der Waals surface area (Å²) in [5.74, 6) is -2.87. The Labute approximate surface area is 202 Å². The maximum Gasteiger partial charge on any atom is 0.422 e. The van der Waals surface area contributed by atoms with Crippen LogP contribution >= 0.6 is 0 Å². The number of aromatic nitrogens is 3. The number of pyridine rings is 1. The van der Waals surface area contributed by atoms with E-state index in [0.29, 0.717) is 29.9 Å². The first-order valence-corrected chi connectivity index (χ1v) is 11.6. The molecule has 0 saturated heterocycles. The second-order valence-corrected chi connectivity index (χ2v) is 9.18. The van der Waals surface area contributed by atoms with Gasteiger partial charge in [-0.1, -0.05) is 20.3 Å². The Bertz CT molecular complexity index is 1650. The topological polar surface area (TPSA) is 51.4 Å². The summed E-state index contributed by atoms with van der Waals surface area (Å²) in [6, 6.07) is 4.07. The van der Waals surface area contributed by atoms with Gasteiger partial charge >= 0.3 is 11.8 Å². The lowest BCUT2D eigenvalue weighted by Gasteiger charge is -2.36. The zero-order valence-electron chi connectivity index (χ0n) is 20.1. The molecule has 0 radical (unpaired) electrons. The van der Waals surface area contributed by atoms with Gasteiger partial charge in [0.05, 0.1) is 17.2 Å². The number of aryl methyl sites for hydroxylation is 2. The zero-order chi connectivity index (χ0) is 26.2. The highest BCUT2D eigenvalue weighted by atomic mass is 19.4. The summed E-state index contributed by atoms with van der Waals surface area (Å²) in [5, 5.41) is 0. The summed E-state index contributed by atoms with van der Waals surface area (Å²) in [6.45, 7) is 7.08. The minimum Gasteiger partial charge on any atom is -0.397 e. The van der Waals surface area contributed by atoms with Crippen molar-refractivity contribution in [1.29, 1.82) is 0 Å². The van der Waals surface area contributed by atoms with Crippen LogP contribution in [0.3, 0.4) is 0 Å². The third-order valence-electron chi connectivity index (χ3n) is 7.10. The summed E-state index contributed by atoms with van der Waals surface area (Å²) in [4.78, 5) is 16.9. The molecule has 36 heavy (non-hydrogen) atoms. The van der Waals surface area contributed by atoms with Crippen molar-refractivity contribution in [3.8, 4) is 11.3 Å². The van der Waals surface area contributed by atoms with Crippen LogP contribution in [0.15, 0.2) is 39.8 Å². The highest BCUT2D eigenvalue weighted by molar-refractivity contribution is 5.75. The van der Waals surface area contributed by atoms with Crippen LogP contribution in [0.5, 0.6) is 0 Å². The fourth-order valence-electron chi connectivity index (χ4n) is 5.57. The second kappa shape index (κ2) is 7.97. The number of fused-ring (bicyclic) bond motifs is 4. The van der Waals surface area contributed by atoms with Gasteiger partial charge in [-0.25, -0.2) is 18.6 Å². The molecular formula is C26H23F5N3O2+. The van der Waals surface area contributed by atoms with Gasteiger partial charge in [-0.3, -0.25) is 4.40 Å². The largest absolute Gasteiger partial charge is 0.422 e. The van der Waals surface area contributed by atoms with Crippen molar-refractivity contribution >= 4 is 11.2 Å². The van der Waals surface area contributed by atoms with E-state index in [2.05, 4.69) is 4.98 Å². The molecule has 0 spiro atoms. The van der Waals surface area contributed by atoms with Gasteiger partial charge in [0.2, 0.25) is 5.69 Å². The van der Waals surface area contributed by atoms with E-state index < -0.39 is 34.4 Å². The van der Waals surface area contributed by atoms with E-state index in [0.717, 1.165) is 6.07 Å². The Kier molecular flexibility index (Phi) is 5.35. The zero-order valence-corrected chi connectivity index (χ0v) is 20.1. The Morgan fingerprint density at radius 3 is 2.53 bits per heavy atom. The summed E-state index contributed by atoms with van der Waals surface area (Å²) >= 11 is 0. The number of hydrogen-bond donors (Lipinski definition) is 0. The number of oxazole rings is 1. The number of halogens is 5. The molecule has 0 bridgehead atoms. The number of benzene rings is 1. The maximum absolute atomic E-state index is 15.8. The molecule has 0 aliphatic carbocycles. The Hall–Kier alpha value is -3.56. The minimum atomic E-state index is -5.22. The van der Waals surface area contributed by atoms with E-state index in [9.17, 15) is 18.0 Å². The third kappa shape index (κ3) is 3.16. The fraction of sp³-hybridized carbons (Fsp3) is 0.346. The van der Waals surface area contributed by atoms with Crippen LogP contribution in [0.25, 0.3) is 22.5 Å². The van der Waals surface area contributed by atoms with Crippen molar-refractivity contribution in [3.63, 3.8) is 0 Å². The minimum absolute atomic E-state index is 0.0882. The highest BCUT2D eigenvalue weighted by Crippen LogP contribution is 2.50. The molecule has 1 aromatic carbocycles. The predicted octanol–water partition coefficient (Wildman–Crippen LogP) is 4.99. The van der Waals surface area contributed by atoms with Crippen molar-refractivity contribution in [1.82, 2.24) is 9.38 Å². The normalized spacial score (nSPS) is 19.0. The molecule has 3 aromatic heterocycles. The molecule has 0 saturated carbocycles. The van der Waals surface area contributed by atoms with Gasteiger partial charge in [0.15, 0.2) is 17.5 Å². The second-order valence-electron chi connectivity index (χ2n) is 9.18. The summed E-state index contributed by atoms with van der Waals surface area (Å²) < 4.78 is 80.8. The third-order valence-corrected chi connectivity index (χ3v) is 7.10. The Morgan fingerprint density at radius 2 is 1.89 bits per heavy atom. The number of hydrogen-bond acceptors (Lipinski definition) is 3. The molecule has 0 amide bonds. The van der Waals surface area contributed by atoms with Gasteiger partial charge in [-0.2, -0.15) is 17.7 Å². The molecule has 1 aliphatic heterocycles. The van der Waals surface area contributed by atoms with Crippen LogP contribution in [0.2, 0.25) is 0 Å². The van der Waals surface area contributed by atoms with Gasteiger partial charge in [-0.15, -0.1) is 0 Å². The smallest absolute Gasteiger partial charge is 0.397 e. The maximum atomic E-state index is 15.8. The van der Waals surface area contributed by atoms with Crippen LogP contribution < -0.4 is 15.7 Å². The van der Waals surface area contributed by atoms with Crippen molar-refractivity contribution in [3.05, 3.63) is 80.7 Å². The lowest BCUT2D eigenvalue weighted by atomic mass is 9.67. The van der Waals surface area contributed by atoms with Crippen LogP contribution in [-0.4, -0.2) is 9.38 Å². The first-order valence-electron chi connectivity index (χ1n) is 11.6. The number of nitrogens with zero attached hydrogens (tertiary/aromatic N) is 3. The van der Waals surface area contributed by atoms with Gasteiger partial charge in [-0.05, 0) is 43.9 Å². The SMILES string of the molecule is CCCC1(CC)C(=c2oc(=O)c3cnc(C)n23)[n+]2ccc(C)cc2-c2c1cc(F)c(C(F)(F)F)c2F. The van der Waals surface area contributed by atoms with Crippen LogP contribution in [0.4, 0.5) is 22.0 Å². The first kappa shape index (κ1) is 24.1. The molecule has 188 valence electrons. The number of alkyl halides is 3. The molecule has 1 atom stereocenters. The van der Waals surface area contributed by atoms with Gasteiger partial charge in [0.25, 0.3) is 11.2 Å². The van der Waals surface area contributed by atoms with Crippen molar-refractivity contribution in [2.75, 3.05) is 0 Å². The molecular weight excluding hydrogens is 481 g/mol. The molecule has 0 fully saturated rings. The summed E-state index contributed by atoms with van der Waals surface area (Å²) in [5.41, 5.74) is -2.43. The van der Waals surface area contributed by atoms with Crippen LogP contribution in [0, 0.1) is 25.5 Å². The van der Waals surface area contributed by atoms with Crippen molar-refractivity contribution < 1.29 is 30.9 Å². The molecule has 1 aliphatic rings. The first-order chi connectivity index (χ1) is 17.0. The lowest BCUT2D eigenvalue weighted by molar-refractivity contribution is -0.579. The highest BCUT2D eigenvalue weighted by Gasteiger charge is 2.53. The van der Waals surface area contributed by atoms with Crippen molar-refractivity contribution in [2.45, 2.75) is 58.5 Å². The van der Waals surface area contributed by atoms with E-state index in [4.69, 9.17) is 4.42 Å². The fourth-order valence-corrected chi connectivity index (χ4v) is 5.57. The average molecular weight is 504 g/mol. The van der Waals surface area contributed by atoms with Gasteiger partial charge in [0, 0.05) is 12.1 Å².